The van der Waals surface area contributed by atoms with Crippen LogP contribution < -0.4 is 4.74 Å². The van der Waals surface area contributed by atoms with Gasteiger partial charge in [0.05, 0.1) is 5.92 Å². The Morgan fingerprint density at radius 3 is 2.30 bits per heavy atom. The third-order valence-electron chi connectivity index (χ3n) is 5.69. The number of rotatable bonds is 12. The highest BCUT2D eigenvalue weighted by molar-refractivity contribution is 7.12. The summed E-state index contributed by atoms with van der Waals surface area (Å²) in [4.78, 5) is 12.3. The zero-order chi connectivity index (χ0) is 19.5. The van der Waals surface area contributed by atoms with Crippen molar-refractivity contribution >= 4 is 17.3 Å². The fourth-order valence-corrected chi connectivity index (χ4v) is 4.69. The van der Waals surface area contributed by atoms with E-state index < -0.39 is 6.43 Å². The third kappa shape index (κ3) is 8.28. The molecule has 0 spiro atoms. The Bertz CT molecular complexity index is 536. The van der Waals surface area contributed by atoms with E-state index in [1.807, 2.05) is 0 Å². The van der Waals surface area contributed by atoms with Gasteiger partial charge in [0.1, 0.15) is 0 Å². The van der Waals surface area contributed by atoms with Gasteiger partial charge in [0.15, 0.2) is 5.06 Å². The first-order valence-electron chi connectivity index (χ1n) is 10.7. The van der Waals surface area contributed by atoms with Crippen LogP contribution in [0.4, 0.5) is 8.78 Å². The molecule has 1 fully saturated rings. The highest BCUT2D eigenvalue weighted by Gasteiger charge is 2.28. The van der Waals surface area contributed by atoms with Gasteiger partial charge in [-0.1, -0.05) is 64.7 Å². The minimum atomic E-state index is -2.51. The van der Waals surface area contributed by atoms with Crippen LogP contribution in [0.25, 0.3) is 0 Å². The van der Waals surface area contributed by atoms with Crippen LogP contribution in [0.5, 0.6) is 5.06 Å². The maximum Gasteiger partial charge on any atom is 0.315 e. The first kappa shape index (κ1) is 22.3. The molecule has 0 aromatic carbocycles. The Kier molecular flexibility index (Phi) is 10.3. The standard InChI is InChI=1S/C22H34F2O2S/c1-2-3-4-5-6-7-8-9-10-17-11-13-18(14-12-17)22(25)26-20-15-19(16-27-20)21(23)24/h15-18,21H,2-14H2,1H3. The molecule has 0 bridgehead atoms. The summed E-state index contributed by atoms with van der Waals surface area (Å²) >= 11 is 1.07. The SMILES string of the molecule is CCCCCCCCCCC1CCC(C(=O)Oc2cc(C(F)F)cs2)CC1. The summed E-state index contributed by atoms with van der Waals surface area (Å²) in [5.41, 5.74) is -0.0723. The predicted molar refractivity (Wildman–Crippen MR) is 108 cm³/mol. The van der Waals surface area contributed by atoms with Crippen LogP contribution >= 0.6 is 11.3 Å². The topological polar surface area (TPSA) is 26.3 Å². The molecule has 1 heterocycles. The van der Waals surface area contributed by atoms with Crippen molar-refractivity contribution in [2.24, 2.45) is 11.8 Å². The molecule has 1 aliphatic carbocycles. The molecule has 5 heteroatoms. The van der Waals surface area contributed by atoms with Crippen LogP contribution in [-0.4, -0.2) is 5.97 Å². The normalized spacial score (nSPS) is 20.1. The van der Waals surface area contributed by atoms with Crippen molar-refractivity contribution in [2.45, 2.75) is 96.8 Å². The Balaban J connectivity index is 1.56. The van der Waals surface area contributed by atoms with Gasteiger partial charge >= 0.3 is 5.97 Å². The predicted octanol–water partition coefficient (Wildman–Crippen LogP) is 7.93. The summed E-state index contributed by atoms with van der Waals surface area (Å²) in [5, 5.41) is 1.64. The van der Waals surface area contributed by atoms with Crippen molar-refractivity contribution in [2.75, 3.05) is 0 Å². The first-order chi connectivity index (χ1) is 13.1. The maximum atomic E-state index is 12.6. The van der Waals surface area contributed by atoms with Gasteiger partial charge in [-0.05, 0) is 31.6 Å². The van der Waals surface area contributed by atoms with Crippen molar-refractivity contribution in [1.82, 2.24) is 0 Å². The summed E-state index contributed by atoms with van der Waals surface area (Å²) < 4.78 is 30.5. The summed E-state index contributed by atoms with van der Waals surface area (Å²) in [7, 11) is 0. The Labute approximate surface area is 166 Å². The molecule has 0 N–H and O–H groups in total. The molecule has 0 saturated heterocycles. The van der Waals surface area contributed by atoms with Gasteiger partial charge in [0.2, 0.25) is 0 Å². The zero-order valence-electron chi connectivity index (χ0n) is 16.6. The van der Waals surface area contributed by atoms with E-state index in [4.69, 9.17) is 4.74 Å². The Hall–Kier alpha value is -0.970. The first-order valence-corrected chi connectivity index (χ1v) is 11.6. The summed E-state index contributed by atoms with van der Waals surface area (Å²) in [5.74, 6) is 0.418. The average molecular weight is 401 g/mol. The average Bonchev–Trinajstić information content (AvgIpc) is 3.13. The molecule has 1 aliphatic rings. The van der Waals surface area contributed by atoms with E-state index in [-0.39, 0.29) is 22.5 Å². The zero-order valence-corrected chi connectivity index (χ0v) is 17.4. The van der Waals surface area contributed by atoms with Crippen LogP contribution in [0.2, 0.25) is 0 Å². The minimum Gasteiger partial charge on any atom is -0.415 e. The van der Waals surface area contributed by atoms with Crippen LogP contribution in [0.3, 0.4) is 0 Å². The molecule has 154 valence electrons. The number of thiophene rings is 1. The van der Waals surface area contributed by atoms with Crippen molar-refractivity contribution < 1.29 is 18.3 Å². The van der Waals surface area contributed by atoms with Gasteiger partial charge in [-0.3, -0.25) is 4.79 Å². The number of carbonyl (C=O) groups excluding carboxylic acids is 1. The molecule has 1 saturated carbocycles. The van der Waals surface area contributed by atoms with E-state index in [1.54, 1.807) is 0 Å². The van der Waals surface area contributed by atoms with Crippen LogP contribution in [0.1, 0.15) is 102 Å². The number of halogens is 2. The molecule has 0 radical (unpaired) electrons. The van der Waals surface area contributed by atoms with Crippen molar-refractivity contribution in [1.29, 1.82) is 0 Å². The minimum absolute atomic E-state index is 0.0723. The van der Waals surface area contributed by atoms with Gasteiger partial charge < -0.3 is 4.74 Å². The third-order valence-corrected chi connectivity index (χ3v) is 6.52. The second kappa shape index (κ2) is 12.5. The second-order valence-electron chi connectivity index (χ2n) is 7.90. The second-order valence-corrected chi connectivity index (χ2v) is 8.78. The van der Waals surface area contributed by atoms with Gasteiger partial charge in [0.25, 0.3) is 6.43 Å². The molecule has 0 aliphatic heterocycles. The monoisotopic (exact) mass is 400 g/mol. The summed E-state index contributed by atoms with van der Waals surface area (Å²) in [6.45, 7) is 2.25. The van der Waals surface area contributed by atoms with Crippen LogP contribution in [0.15, 0.2) is 11.4 Å². The molecule has 1 aromatic rings. The van der Waals surface area contributed by atoms with Crippen molar-refractivity contribution in [3.63, 3.8) is 0 Å². The number of hydrogen-bond acceptors (Lipinski definition) is 3. The lowest BCUT2D eigenvalue weighted by Crippen LogP contribution is -2.25. The quantitative estimate of drug-likeness (QED) is 0.263. The number of alkyl halides is 2. The molecular formula is C22H34F2O2S. The molecule has 1 aromatic heterocycles. The Morgan fingerprint density at radius 1 is 1.07 bits per heavy atom. The molecule has 0 amide bonds. The van der Waals surface area contributed by atoms with E-state index in [0.29, 0.717) is 0 Å². The van der Waals surface area contributed by atoms with Gasteiger partial charge in [-0.15, -0.1) is 11.3 Å². The maximum absolute atomic E-state index is 12.6. The fraction of sp³-hybridized carbons (Fsp3) is 0.773. The lowest BCUT2D eigenvalue weighted by molar-refractivity contribution is -0.140. The number of carbonyl (C=O) groups is 1. The molecule has 0 atom stereocenters. The molecule has 0 unspecified atom stereocenters. The van der Waals surface area contributed by atoms with Crippen LogP contribution in [-0.2, 0) is 4.79 Å². The van der Waals surface area contributed by atoms with E-state index in [1.165, 1.54) is 69.2 Å². The van der Waals surface area contributed by atoms with E-state index in [0.717, 1.165) is 42.9 Å². The highest BCUT2D eigenvalue weighted by Crippen LogP contribution is 2.35. The Morgan fingerprint density at radius 2 is 1.70 bits per heavy atom. The van der Waals surface area contributed by atoms with Crippen molar-refractivity contribution in [3.8, 4) is 5.06 Å². The summed E-state index contributed by atoms with van der Waals surface area (Å²) in [6.07, 6.45) is 13.5. The smallest absolute Gasteiger partial charge is 0.315 e. The lowest BCUT2D eigenvalue weighted by atomic mass is 9.80. The van der Waals surface area contributed by atoms with E-state index >= 15 is 0 Å². The highest BCUT2D eigenvalue weighted by atomic mass is 32.1. The summed E-state index contributed by atoms with van der Waals surface area (Å²) in [6, 6.07) is 1.28. The van der Waals surface area contributed by atoms with Crippen molar-refractivity contribution in [3.05, 3.63) is 17.0 Å². The number of unbranched alkanes of at least 4 members (excludes halogenated alkanes) is 7. The molecule has 27 heavy (non-hydrogen) atoms. The van der Waals surface area contributed by atoms with Gasteiger partial charge in [0, 0.05) is 17.0 Å². The molecule has 2 rings (SSSR count). The number of esters is 1. The van der Waals surface area contributed by atoms with E-state index in [9.17, 15) is 13.6 Å². The molecule has 2 nitrogen and oxygen atoms in total. The van der Waals surface area contributed by atoms with Crippen LogP contribution in [0, 0.1) is 11.8 Å². The largest absolute Gasteiger partial charge is 0.415 e. The fourth-order valence-electron chi connectivity index (χ4n) is 3.93. The van der Waals surface area contributed by atoms with Gasteiger partial charge in [-0.25, -0.2) is 8.78 Å². The van der Waals surface area contributed by atoms with E-state index in [2.05, 4.69) is 6.92 Å². The van der Waals surface area contributed by atoms with Gasteiger partial charge in [-0.2, -0.15) is 0 Å². The number of hydrogen-bond donors (Lipinski definition) is 0. The molecular weight excluding hydrogens is 366 g/mol. The number of ether oxygens (including phenoxy) is 1. The lowest BCUT2D eigenvalue weighted by Gasteiger charge is -2.27.